The number of nitrogens with zero attached hydrogens (tertiary/aromatic N) is 1. The Hall–Kier alpha value is -1.16. The molecule has 0 aliphatic heterocycles. The summed E-state index contributed by atoms with van der Waals surface area (Å²) >= 11 is 1.82. The fourth-order valence-electron chi connectivity index (χ4n) is 2.56. The van der Waals surface area contributed by atoms with E-state index in [1.807, 2.05) is 41.7 Å². The summed E-state index contributed by atoms with van der Waals surface area (Å²) in [5.41, 5.74) is 1.03. The van der Waals surface area contributed by atoms with Crippen LogP contribution in [-0.4, -0.2) is 22.6 Å². The summed E-state index contributed by atoms with van der Waals surface area (Å²) in [6.07, 6.45) is 3.09. The predicted octanol–water partition coefficient (Wildman–Crippen LogP) is 3.84. The van der Waals surface area contributed by atoms with Crippen LogP contribution in [0.25, 0.3) is 0 Å². The van der Waals surface area contributed by atoms with Crippen molar-refractivity contribution in [3.05, 3.63) is 58.3 Å². The molecule has 1 fully saturated rings. The van der Waals surface area contributed by atoms with Crippen LogP contribution >= 0.6 is 11.3 Å². The quantitative estimate of drug-likeness (QED) is 0.836. The third kappa shape index (κ3) is 3.69. The van der Waals surface area contributed by atoms with Crippen molar-refractivity contribution in [3.8, 4) is 0 Å². The molecule has 1 atom stereocenters. The summed E-state index contributed by atoms with van der Waals surface area (Å²) in [5, 5.41) is 12.4. The average molecular weight is 287 g/mol. The van der Waals surface area contributed by atoms with Crippen LogP contribution in [-0.2, 0) is 6.54 Å². The Bertz CT molecular complexity index is 507. The maximum Gasteiger partial charge on any atom is 0.0802 e. The zero-order valence-corrected chi connectivity index (χ0v) is 12.4. The fraction of sp³-hybridized carbons (Fsp3) is 0.412. The first kappa shape index (κ1) is 13.8. The monoisotopic (exact) mass is 287 g/mol. The number of rotatable bonds is 7. The van der Waals surface area contributed by atoms with E-state index in [-0.39, 0.29) is 6.10 Å². The second-order valence-corrected chi connectivity index (χ2v) is 6.53. The van der Waals surface area contributed by atoms with Gasteiger partial charge in [0.15, 0.2) is 0 Å². The lowest BCUT2D eigenvalue weighted by atomic mass is 10.1. The van der Waals surface area contributed by atoms with Crippen LogP contribution in [0, 0.1) is 0 Å². The first-order valence-electron chi connectivity index (χ1n) is 7.32. The molecule has 0 saturated heterocycles. The summed E-state index contributed by atoms with van der Waals surface area (Å²) < 4.78 is 0. The molecule has 1 aliphatic rings. The topological polar surface area (TPSA) is 23.5 Å². The van der Waals surface area contributed by atoms with Crippen molar-refractivity contribution in [2.24, 2.45) is 0 Å². The normalized spacial score (nSPS) is 16.5. The standard InChI is InChI=1S/C17H21NOS/c19-17(14-5-2-1-3-6-14)10-11-18(15-8-9-15)13-16-7-4-12-20-16/h1-7,12,15,17,19H,8-11,13H2. The van der Waals surface area contributed by atoms with E-state index in [0.29, 0.717) is 0 Å². The minimum absolute atomic E-state index is 0.346. The highest BCUT2D eigenvalue weighted by Gasteiger charge is 2.29. The molecule has 0 spiro atoms. The number of benzene rings is 1. The lowest BCUT2D eigenvalue weighted by Crippen LogP contribution is -2.27. The molecule has 1 N–H and O–H groups in total. The Morgan fingerprint density at radius 1 is 1.15 bits per heavy atom. The largest absolute Gasteiger partial charge is 0.388 e. The first-order valence-corrected chi connectivity index (χ1v) is 8.20. The van der Waals surface area contributed by atoms with Gasteiger partial charge in [-0.1, -0.05) is 36.4 Å². The molecule has 1 saturated carbocycles. The Labute approximate surface area is 124 Å². The smallest absolute Gasteiger partial charge is 0.0802 e. The van der Waals surface area contributed by atoms with Gasteiger partial charge in [0, 0.05) is 24.0 Å². The third-order valence-electron chi connectivity index (χ3n) is 3.88. The van der Waals surface area contributed by atoms with Crippen molar-refractivity contribution in [1.29, 1.82) is 0 Å². The minimum atomic E-state index is -0.346. The molecule has 1 aromatic carbocycles. The Morgan fingerprint density at radius 3 is 2.60 bits per heavy atom. The molecule has 1 aromatic heterocycles. The lowest BCUT2D eigenvalue weighted by molar-refractivity contribution is 0.137. The van der Waals surface area contributed by atoms with Crippen LogP contribution in [0.3, 0.4) is 0 Å². The van der Waals surface area contributed by atoms with Gasteiger partial charge in [0.05, 0.1) is 6.10 Å². The van der Waals surface area contributed by atoms with Gasteiger partial charge in [-0.2, -0.15) is 0 Å². The van der Waals surface area contributed by atoms with E-state index in [9.17, 15) is 5.11 Å². The predicted molar refractivity (Wildman–Crippen MR) is 83.8 cm³/mol. The molecule has 20 heavy (non-hydrogen) atoms. The van der Waals surface area contributed by atoms with Gasteiger partial charge in [0.1, 0.15) is 0 Å². The van der Waals surface area contributed by atoms with Crippen LogP contribution in [0.4, 0.5) is 0 Å². The van der Waals surface area contributed by atoms with Gasteiger partial charge < -0.3 is 5.11 Å². The number of hydrogen-bond donors (Lipinski definition) is 1. The molecule has 2 nitrogen and oxygen atoms in total. The van der Waals surface area contributed by atoms with Crippen molar-refractivity contribution >= 4 is 11.3 Å². The number of hydrogen-bond acceptors (Lipinski definition) is 3. The summed E-state index contributed by atoms with van der Waals surface area (Å²) in [4.78, 5) is 3.95. The molecule has 1 unspecified atom stereocenters. The highest BCUT2D eigenvalue weighted by atomic mass is 32.1. The van der Waals surface area contributed by atoms with E-state index < -0.39 is 0 Å². The van der Waals surface area contributed by atoms with Gasteiger partial charge in [-0.3, -0.25) is 4.90 Å². The number of aliphatic hydroxyl groups is 1. The zero-order chi connectivity index (χ0) is 13.8. The molecule has 3 heteroatoms. The molecule has 106 valence electrons. The van der Waals surface area contributed by atoms with Crippen LogP contribution in [0.5, 0.6) is 0 Å². The zero-order valence-electron chi connectivity index (χ0n) is 11.6. The van der Waals surface area contributed by atoms with E-state index in [0.717, 1.165) is 31.1 Å². The fourth-order valence-corrected chi connectivity index (χ4v) is 3.29. The lowest BCUT2D eigenvalue weighted by Gasteiger charge is -2.23. The molecular formula is C17H21NOS. The third-order valence-corrected chi connectivity index (χ3v) is 4.74. The van der Waals surface area contributed by atoms with Crippen molar-refractivity contribution in [1.82, 2.24) is 4.90 Å². The van der Waals surface area contributed by atoms with Gasteiger partial charge in [0.2, 0.25) is 0 Å². The highest BCUT2D eigenvalue weighted by molar-refractivity contribution is 7.09. The van der Waals surface area contributed by atoms with Gasteiger partial charge in [-0.15, -0.1) is 11.3 Å². The van der Waals surface area contributed by atoms with Crippen LogP contribution in [0.1, 0.15) is 35.8 Å². The Balaban J connectivity index is 1.54. The number of thiophene rings is 1. The van der Waals surface area contributed by atoms with Crippen LogP contribution < -0.4 is 0 Å². The van der Waals surface area contributed by atoms with Crippen molar-refractivity contribution in [2.45, 2.75) is 38.0 Å². The molecule has 1 heterocycles. The highest BCUT2D eigenvalue weighted by Crippen LogP contribution is 2.30. The molecule has 0 bridgehead atoms. The first-order chi connectivity index (χ1) is 9.83. The Morgan fingerprint density at radius 2 is 1.95 bits per heavy atom. The van der Waals surface area contributed by atoms with Crippen molar-refractivity contribution in [3.63, 3.8) is 0 Å². The molecule has 0 radical (unpaired) electrons. The van der Waals surface area contributed by atoms with E-state index >= 15 is 0 Å². The van der Waals surface area contributed by atoms with Crippen LogP contribution in [0.2, 0.25) is 0 Å². The van der Waals surface area contributed by atoms with Crippen molar-refractivity contribution < 1.29 is 5.11 Å². The SMILES string of the molecule is OC(CCN(Cc1cccs1)C1CC1)c1ccccc1. The molecule has 1 aliphatic carbocycles. The average Bonchev–Trinajstić information content (AvgIpc) is 3.21. The summed E-state index contributed by atoms with van der Waals surface area (Å²) in [5.74, 6) is 0. The summed E-state index contributed by atoms with van der Waals surface area (Å²) in [7, 11) is 0. The molecule has 2 aromatic rings. The van der Waals surface area contributed by atoms with E-state index in [4.69, 9.17) is 0 Å². The van der Waals surface area contributed by atoms with Gasteiger partial charge in [-0.05, 0) is 36.3 Å². The van der Waals surface area contributed by atoms with Crippen LogP contribution in [0.15, 0.2) is 47.8 Å². The van der Waals surface area contributed by atoms with Gasteiger partial charge in [0.25, 0.3) is 0 Å². The summed E-state index contributed by atoms with van der Waals surface area (Å²) in [6.45, 7) is 2.00. The Kier molecular flexibility index (Phi) is 4.51. The van der Waals surface area contributed by atoms with E-state index in [1.54, 1.807) is 0 Å². The maximum absolute atomic E-state index is 10.3. The summed E-state index contributed by atoms with van der Waals surface area (Å²) in [6, 6.07) is 15.0. The molecular weight excluding hydrogens is 266 g/mol. The maximum atomic E-state index is 10.3. The second-order valence-electron chi connectivity index (χ2n) is 5.50. The van der Waals surface area contributed by atoms with Gasteiger partial charge in [-0.25, -0.2) is 0 Å². The van der Waals surface area contributed by atoms with E-state index in [2.05, 4.69) is 22.4 Å². The van der Waals surface area contributed by atoms with Crippen molar-refractivity contribution in [2.75, 3.05) is 6.54 Å². The second kappa shape index (κ2) is 6.53. The van der Waals surface area contributed by atoms with Gasteiger partial charge >= 0.3 is 0 Å². The molecule has 3 rings (SSSR count). The minimum Gasteiger partial charge on any atom is -0.388 e. The van der Waals surface area contributed by atoms with E-state index in [1.165, 1.54) is 17.7 Å². The molecule has 0 amide bonds. The number of aliphatic hydroxyl groups excluding tert-OH is 1.